The van der Waals surface area contributed by atoms with Crippen molar-refractivity contribution < 1.29 is 9.90 Å². The summed E-state index contributed by atoms with van der Waals surface area (Å²) in [5.41, 5.74) is 0.998. The quantitative estimate of drug-likeness (QED) is 0.854. The first-order valence-corrected chi connectivity index (χ1v) is 6.49. The van der Waals surface area contributed by atoms with Crippen LogP contribution in [0.25, 0.3) is 0 Å². The molecule has 1 fully saturated rings. The Morgan fingerprint density at radius 1 is 1.50 bits per heavy atom. The molecular weight excluding hydrogens is 230 g/mol. The SMILES string of the molecule is CCc1cc(NC2CCCC(C(=O)O)C2)ncn1. The molecule has 2 N–H and O–H groups in total. The van der Waals surface area contributed by atoms with Crippen LogP contribution in [0.15, 0.2) is 12.4 Å². The van der Waals surface area contributed by atoms with Crippen molar-refractivity contribution in [2.75, 3.05) is 5.32 Å². The number of aromatic nitrogens is 2. The van der Waals surface area contributed by atoms with E-state index >= 15 is 0 Å². The van der Waals surface area contributed by atoms with Crippen LogP contribution in [0, 0.1) is 5.92 Å². The number of nitrogens with zero attached hydrogens (tertiary/aromatic N) is 2. The minimum Gasteiger partial charge on any atom is -0.481 e. The zero-order valence-corrected chi connectivity index (χ0v) is 10.6. The van der Waals surface area contributed by atoms with Crippen LogP contribution in [0.1, 0.15) is 38.3 Å². The van der Waals surface area contributed by atoms with Gasteiger partial charge in [0.05, 0.1) is 5.92 Å². The predicted octanol–water partition coefficient (Wildman–Crippen LogP) is 2.09. The van der Waals surface area contributed by atoms with Crippen molar-refractivity contribution in [3.8, 4) is 0 Å². The molecule has 1 heterocycles. The Kier molecular flexibility index (Phi) is 4.12. The third kappa shape index (κ3) is 3.18. The summed E-state index contributed by atoms with van der Waals surface area (Å²) in [6.07, 6.45) is 5.87. The van der Waals surface area contributed by atoms with E-state index in [1.54, 1.807) is 6.33 Å². The number of anilines is 1. The number of aliphatic carboxylic acids is 1. The van der Waals surface area contributed by atoms with E-state index in [0.29, 0.717) is 6.42 Å². The van der Waals surface area contributed by atoms with Crippen molar-refractivity contribution in [3.63, 3.8) is 0 Å². The number of nitrogens with one attached hydrogen (secondary N) is 1. The minimum atomic E-state index is -0.682. The molecule has 0 aliphatic heterocycles. The van der Waals surface area contributed by atoms with Crippen LogP contribution in [0.3, 0.4) is 0 Å². The maximum atomic E-state index is 11.0. The molecule has 0 aromatic carbocycles. The molecule has 5 heteroatoms. The Morgan fingerprint density at radius 2 is 2.33 bits per heavy atom. The van der Waals surface area contributed by atoms with Gasteiger partial charge in [-0.1, -0.05) is 13.3 Å². The van der Waals surface area contributed by atoms with Crippen molar-refractivity contribution in [2.45, 2.75) is 45.1 Å². The molecular formula is C13H19N3O2. The van der Waals surface area contributed by atoms with Crippen LogP contribution in [0.5, 0.6) is 0 Å². The second kappa shape index (κ2) is 5.80. The van der Waals surface area contributed by atoms with Gasteiger partial charge in [-0.2, -0.15) is 0 Å². The van der Waals surface area contributed by atoms with Gasteiger partial charge in [0.15, 0.2) is 0 Å². The molecule has 5 nitrogen and oxygen atoms in total. The van der Waals surface area contributed by atoms with E-state index in [1.165, 1.54) is 0 Å². The maximum absolute atomic E-state index is 11.0. The molecule has 0 amide bonds. The highest BCUT2D eigenvalue weighted by Gasteiger charge is 2.26. The van der Waals surface area contributed by atoms with E-state index in [-0.39, 0.29) is 12.0 Å². The fourth-order valence-corrected chi connectivity index (χ4v) is 2.42. The lowest BCUT2D eigenvalue weighted by molar-refractivity contribution is -0.142. The van der Waals surface area contributed by atoms with Crippen molar-refractivity contribution in [2.24, 2.45) is 5.92 Å². The molecule has 0 radical (unpaired) electrons. The first kappa shape index (κ1) is 12.8. The average Bonchev–Trinajstić information content (AvgIpc) is 2.39. The van der Waals surface area contributed by atoms with E-state index in [1.807, 2.05) is 13.0 Å². The molecule has 1 aliphatic carbocycles. The first-order chi connectivity index (χ1) is 8.69. The highest BCUT2D eigenvalue weighted by Crippen LogP contribution is 2.26. The number of rotatable bonds is 4. The Labute approximate surface area is 107 Å². The summed E-state index contributed by atoms with van der Waals surface area (Å²) in [5, 5.41) is 12.4. The second-order valence-corrected chi connectivity index (χ2v) is 4.79. The molecule has 2 rings (SSSR count). The summed E-state index contributed by atoms with van der Waals surface area (Å²) in [5.74, 6) is -0.0972. The third-order valence-electron chi connectivity index (χ3n) is 3.46. The number of carbonyl (C=O) groups is 1. The van der Waals surface area contributed by atoms with Crippen LogP contribution in [-0.2, 0) is 11.2 Å². The van der Waals surface area contributed by atoms with E-state index in [2.05, 4.69) is 15.3 Å². The first-order valence-electron chi connectivity index (χ1n) is 6.49. The summed E-state index contributed by atoms with van der Waals surface area (Å²) in [7, 11) is 0. The lowest BCUT2D eigenvalue weighted by Gasteiger charge is -2.27. The van der Waals surface area contributed by atoms with Gasteiger partial charge in [-0.25, -0.2) is 9.97 Å². The van der Waals surface area contributed by atoms with Crippen molar-refractivity contribution in [3.05, 3.63) is 18.1 Å². The minimum absolute atomic E-state index is 0.208. The standard InChI is InChI=1S/C13H19N3O2/c1-2-10-7-12(15-8-14-10)16-11-5-3-4-9(6-11)13(17)18/h7-9,11H,2-6H2,1H3,(H,17,18)(H,14,15,16). The maximum Gasteiger partial charge on any atom is 0.306 e. The number of carboxylic acids is 1. The lowest BCUT2D eigenvalue weighted by atomic mass is 9.86. The van der Waals surface area contributed by atoms with Crippen molar-refractivity contribution >= 4 is 11.8 Å². The second-order valence-electron chi connectivity index (χ2n) is 4.79. The number of hydrogen-bond donors (Lipinski definition) is 2. The lowest BCUT2D eigenvalue weighted by Crippen LogP contribution is -2.31. The summed E-state index contributed by atoms with van der Waals surface area (Å²) in [6.45, 7) is 2.05. The molecule has 1 saturated carbocycles. The molecule has 1 aliphatic rings. The van der Waals surface area contributed by atoms with Crippen molar-refractivity contribution in [1.29, 1.82) is 0 Å². The van der Waals surface area contributed by atoms with Crippen molar-refractivity contribution in [1.82, 2.24) is 9.97 Å². The smallest absolute Gasteiger partial charge is 0.306 e. The van der Waals surface area contributed by atoms with Gasteiger partial charge in [0.1, 0.15) is 12.1 Å². The fourth-order valence-electron chi connectivity index (χ4n) is 2.42. The van der Waals surface area contributed by atoms with Crippen LogP contribution < -0.4 is 5.32 Å². The number of aryl methyl sites for hydroxylation is 1. The zero-order valence-electron chi connectivity index (χ0n) is 10.6. The molecule has 1 aromatic rings. The summed E-state index contributed by atoms with van der Waals surface area (Å²) in [4.78, 5) is 19.3. The van der Waals surface area contributed by atoms with Gasteiger partial charge in [0, 0.05) is 17.8 Å². The van der Waals surface area contributed by atoms with Crippen LogP contribution in [0.4, 0.5) is 5.82 Å². The Bertz CT molecular complexity index is 422. The summed E-state index contributed by atoms with van der Waals surface area (Å²) < 4.78 is 0. The average molecular weight is 249 g/mol. The predicted molar refractivity (Wildman–Crippen MR) is 68.4 cm³/mol. The van der Waals surface area contributed by atoms with Crippen LogP contribution >= 0.6 is 0 Å². The van der Waals surface area contributed by atoms with E-state index in [4.69, 9.17) is 5.11 Å². The Balaban J connectivity index is 1.97. The number of carboxylic acid groups (broad SMARTS) is 1. The number of hydrogen-bond acceptors (Lipinski definition) is 4. The third-order valence-corrected chi connectivity index (χ3v) is 3.46. The molecule has 0 spiro atoms. The summed E-state index contributed by atoms with van der Waals surface area (Å²) >= 11 is 0. The molecule has 98 valence electrons. The van der Waals surface area contributed by atoms with E-state index in [9.17, 15) is 4.79 Å². The van der Waals surface area contributed by atoms with Gasteiger partial charge in [0.25, 0.3) is 0 Å². The van der Waals surface area contributed by atoms with Gasteiger partial charge in [-0.15, -0.1) is 0 Å². The topological polar surface area (TPSA) is 75.1 Å². The molecule has 2 unspecified atom stereocenters. The largest absolute Gasteiger partial charge is 0.481 e. The van der Waals surface area contributed by atoms with Gasteiger partial charge >= 0.3 is 5.97 Å². The molecule has 1 aromatic heterocycles. The molecule has 0 bridgehead atoms. The normalized spacial score (nSPS) is 23.6. The Morgan fingerprint density at radius 3 is 3.06 bits per heavy atom. The van der Waals surface area contributed by atoms with Gasteiger partial charge in [0.2, 0.25) is 0 Å². The highest BCUT2D eigenvalue weighted by atomic mass is 16.4. The molecule has 0 saturated heterocycles. The van der Waals surface area contributed by atoms with Crippen LogP contribution in [0.2, 0.25) is 0 Å². The van der Waals surface area contributed by atoms with Gasteiger partial charge in [-0.05, 0) is 25.7 Å². The van der Waals surface area contributed by atoms with E-state index in [0.717, 1.165) is 37.2 Å². The van der Waals surface area contributed by atoms with Gasteiger partial charge in [-0.3, -0.25) is 4.79 Å². The van der Waals surface area contributed by atoms with Crippen LogP contribution in [-0.4, -0.2) is 27.1 Å². The fraction of sp³-hybridized carbons (Fsp3) is 0.615. The van der Waals surface area contributed by atoms with E-state index < -0.39 is 5.97 Å². The highest BCUT2D eigenvalue weighted by molar-refractivity contribution is 5.70. The molecule has 2 atom stereocenters. The zero-order chi connectivity index (χ0) is 13.0. The molecule has 18 heavy (non-hydrogen) atoms. The Hall–Kier alpha value is -1.65. The van der Waals surface area contributed by atoms with Gasteiger partial charge < -0.3 is 10.4 Å². The summed E-state index contributed by atoms with van der Waals surface area (Å²) in [6, 6.07) is 2.14. The monoisotopic (exact) mass is 249 g/mol.